The van der Waals surface area contributed by atoms with Crippen LogP contribution in [0.2, 0.25) is 0 Å². The monoisotopic (exact) mass is 445 g/mol. The molecule has 8 heteroatoms. The van der Waals surface area contributed by atoms with E-state index in [4.69, 9.17) is 10.1 Å². The van der Waals surface area contributed by atoms with E-state index in [9.17, 15) is 4.79 Å². The molecule has 0 spiro atoms. The van der Waals surface area contributed by atoms with Crippen LogP contribution in [0.3, 0.4) is 0 Å². The minimum absolute atomic E-state index is 0.0201. The highest BCUT2D eigenvalue weighted by Crippen LogP contribution is 2.28. The van der Waals surface area contributed by atoms with Gasteiger partial charge in [-0.15, -0.1) is 0 Å². The Balaban J connectivity index is 1.39. The highest BCUT2D eigenvalue weighted by atomic mass is 16.1. The minimum Gasteiger partial charge on any atom is -0.308 e. The van der Waals surface area contributed by atoms with Crippen LogP contribution in [-0.4, -0.2) is 54.5 Å². The number of benzene rings is 1. The van der Waals surface area contributed by atoms with Crippen LogP contribution in [0.1, 0.15) is 45.0 Å². The lowest BCUT2D eigenvalue weighted by Gasteiger charge is -2.47. The molecule has 5 rings (SSSR count). The lowest BCUT2D eigenvalue weighted by atomic mass is 10.0. The third-order valence-corrected chi connectivity index (χ3v) is 7.01. The quantitative estimate of drug-likeness (QED) is 0.481. The Bertz CT molecular complexity index is 1370. The molecule has 1 aromatic carbocycles. The number of hydrogen-bond donors (Lipinski definition) is 0. The predicted octanol–water partition coefficient (Wildman–Crippen LogP) is 3.03. The van der Waals surface area contributed by atoms with Crippen molar-refractivity contribution < 1.29 is 0 Å². The summed E-state index contributed by atoms with van der Waals surface area (Å²) in [5.74, 6) is 0. The SMILES string of the molecule is CCc1cnc2ccc(C(C)N3C[C@H](C)N(n4cc5c(ccc(=O)n5C)n4)C[C@H]3C)cc2n1. The summed E-state index contributed by atoms with van der Waals surface area (Å²) in [5, 5.41) is 7.04. The maximum absolute atomic E-state index is 12.0. The molecule has 1 fully saturated rings. The number of hydrogen-bond acceptors (Lipinski definition) is 6. The van der Waals surface area contributed by atoms with Crippen molar-refractivity contribution in [2.45, 2.75) is 52.2 Å². The van der Waals surface area contributed by atoms with Gasteiger partial charge in [0.1, 0.15) is 5.52 Å². The summed E-state index contributed by atoms with van der Waals surface area (Å²) in [7, 11) is 1.79. The summed E-state index contributed by atoms with van der Waals surface area (Å²) >= 11 is 0. The molecule has 1 saturated heterocycles. The molecule has 0 saturated carbocycles. The van der Waals surface area contributed by atoms with E-state index >= 15 is 0 Å². The van der Waals surface area contributed by atoms with Crippen LogP contribution in [0.5, 0.6) is 0 Å². The number of nitrogens with zero attached hydrogens (tertiary/aromatic N) is 7. The Hall–Kier alpha value is -3.26. The fourth-order valence-corrected chi connectivity index (χ4v) is 4.90. The first-order valence-corrected chi connectivity index (χ1v) is 11.7. The fraction of sp³-hybridized carbons (Fsp3) is 0.440. The molecule has 1 aliphatic rings. The molecule has 33 heavy (non-hydrogen) atoms. The van der Waals surface area contributed by atoms with Crippen molar-refractivity contribution >= 4 is 22.1 Å². The van der Waals surface area contributed by atoms with Crippen LogP contribution in [0.4, 0.5) is 0 Å². The van der Waals surface area contributed by atoms with Gasteiger partial charge in [0.2, 0.25) is 0 Å². The Kier molecular flexibility index (Phi) is 5.40. The van der Waals surface area contributed by atoms with E-state index in [0.29, 0.717) is 6.04 Å². The number of fused-ring (bicyclic) bond motifs is 2. The second kappa shape index (κ2) is 8.26. The topological polar surface area (TPSA) is 72.1 Å². The normalized spacial score (nSPS) is 20.6. The molecule has 4 aromatic rings. The van der Waals surface area contributed by atoms with Crippen LogP contribution in [-0.2, 0) is 13.5 Å². The molecule has 3 aromatic heterocycles. The lowest BCUT2D eigenvalue weighted by molar-refractivity contribution is 0.103. The zero-order valence-electron chi connectivity index (χ0n) is 19.9. The summed E-state index contributed by atoms with van der Waals surface area (Å²) in [6.07, 6.45) is 4.72. The summed E-state index contributed by atoms with van der Waals surface area (Å²) < 4.78 is 1.65. The Morgan fingerprint density at radius 2 is 1.85 bits per heavy atom. The van der Waals surface area contributed by atoms with Crippen molar-refractivity contribution in [3.8, 4) is 0 Å². The van der Waals surface area contributed by atoms with Crippen molar-refractivity contribution in [2.24, 2.45) is 7.05 Å². The zero-order chi connectivity index (χ0) is 23.3. The summed E-state index contributed by atoms with van der Waals surface area (Å²) in [4.78, 5) is 25.8. The van der Waals surface area contributed by atoms with Crippen LogP contribution in [0.15, 0.2) is 47.5 Å². The molecular formula is C25H31N7O. The molecule has 3 atom stereocenters. The summed E-state index contributed by atoms with van der Waals surface area (Å²) in [6.45, 7) is 10.6. The van der Waals surface area contributed by atoms with Gasteiger partial charge in [0, 0.05) is 37.9 Å². The molecule has 172 valence electrons. The van der Waals surface area contributed by atoms with E-state index in [1.165, 1.54) is 5.56 Å². The Morgan fingerprint density at radius 1 is 1.06 bits per heavy atom. The zero-order valence-corrected chi connectivity index (χ0v) is 19.9. The summed E-state index contributed by atoms with van der Waals surface area (Å²) in [6, 6.07) is 10.7. The predicted molar refractivity (Wildman–Crippen MR) is 131 cm³/mol. The van der Waals surface area contributed by atoms with Crippen LogP contribution in [0.25, 0.3) is 22.1 Å². The van der Waals surface area contributed by atoms with Crippen LogP contribution in [0, 0.1) is 0 Å². The molecule has 0 aliphatic carbocycles. The van der Waals surface area contributed by atoms with Gasteiger partial charge in [-0.3, -0.25) is 19.7 Å². The van der Waals surface area contributed by atoms with Gasteiger partial charge in [-0.05, 0) is 51.0 Å². The average Bonchev–Trinajstić information content (AvgIpc) is 3.26. The van der Waals surface area contributed by atoms with E-state index < -0.39 is 0 Å². The van der Waals surface area contributed by atoms with E-state index in [1.54, 1.807) is 23.7 Å². The second-order valence-electron chi connectivity index (χ2n) is 9.21. The first kappa shape index (κ1) is 21.6. The Labute approximate surface area is 193 Å². The van der Waals surface area contributed by atoms with E-state index in [2.05, 4.69) is 60.8 Å². The van der Waals surface area contributed by atoms with Gasteiger partial charge in [-0.2, -0.15) is 9.89 Å². The molecule has 1 aliphatic heterocycles. The lowest BCUT2D eigenvalue weighted by Crippen LogP contribution is -2.60. The number of piperazine rings is 1. The highest BCUT2D eigenvalue weighted by Gasteiger charge is 2.33. The van der Waals surface area contributed by atoms with Gasteiger partial charge >= 0.3 is 0 Å². The van der Waals surface area contributed by atoms with Crippen molar-refractivity contribution in [1.29, 1.82) is 0 Å². The number of pyridine rings is 1. The van der Waals surface area contributed by atoms with Gasteiger partial charge in [-0.25, -0.2) is 4.98 Å². The standard InChI is InChI=1S/C25H31N7O/c1-6-20-12-26-21-8-7-19(11-23(21)27-20)18(4)30-13-17(3)31(14-16(30)2)32-15-24-22(28-32)9-10-25(33)29(24)5/h7-12,15-18H,6,13-14H2,1-5H3/t16-,17+,18?/m1/s1. The van der Waals surface area contributed by atoms with Gasteiger partial charge < -0.3 is 4.57 Å². The highest BCUT2D eigenvalue weighted by molar-refractivity contribution is 5.75. The maximum atomic E-state index is 12.0. The molecule has 0 amide bonds. The van der Waals surface area contributed by atoms with Crippen molar-refractivity contribution in [3.63, 3.8) is 0 Å². The maximum Gasteiger partial charge on any atom is 0.250 e. The number of aryl methyl sites for hydroxylation is 2. The van der Waals surface area contributed by atoms with E-state index in [-0.39, 0.29) is 17.6 Å². The fourth-order valence-electron chi connectivity index (χ4n) is 4.90. The third kappa shape index (κ3) is 3.78. The second-order valence-corrected chi connectivity index (χ2v) is 9.21. The third-order valence-electron chi connectivity index (χ3n) is 7.01. The van der Waals surface area contributed by atoms with Crippen LogP contribution >= 0.6 is 0 Å². The van der Waals surface area contributed by atoms with Crippen molar-refractivity contribution in [1.82, 2.24) is 29.3 Å². The molecule has 0 N–H and O–H groups in total. The average molecular weight is 446 g/mol. The first-order chi connectivity index (χ1) is 15.9. The van der Waals surface area contributed by atoms with Gasteiger partial charge in [0.05, 0.1) is 41.0 Å². The Morgan fingerprint density at radius 3 is 2.64 bits per heavy atom. The minimum atomic E-state index is -0.0201. The van der Waals surface area contributed by atoms with Gasteiger partial charge in [-0.1, -0.05) is 13.0 Å². The molecule has 8 nitrogen and oxygen atoms in total. The summed E-state index contributed by atoms with van der Waals surface area (Å²) in [5.41, 5.74) is 5.84. The van der Waals surface area contributed by atoms with E-state index in [0.717, 1.165) is 47.3 Å². The molecule has 0 radical (unpaired) electrons. The largest absolute Gasteiger partial charge is 0.308 e. The number of aromatic nitrogens is 5. The van der Waals surface area contributed by atoms with E-state index in [1.807, 2.05) is 17.2 Å². The van der Waals surface area contributed by atoms with Crippen LogP contribution < -0.4 is 10.6 Å². The molecule has 0 bridgehead atoms. The molecule has 4 heterocycles. The molecule has 1 unspecified atom stereocenters. The first-order valence-electron chi connectivity index (χ1n) is 11.7. The smallest absolute Gasteiger partial charge is 0.250 e. The van der Waals surface area contributed by atoms with Gasteiger partial charge in [0.25, 0.3) is 5.56 Å². The number of rotatable bonds is 4. The molecular weight excluding hydrogens is 414 g/mol. The van der Waals surface area contributed by atoms with Crippen molar-refractivity contribution in [3.05, 3.63) is 64.3 Å². The van der Waals surface area contributed by atoms with Gasteiger partial charge in [0.15, 0.2) is 0 Å². The van der Waals surface area contributed by atoms with Crippen molar-refractivity contribution in [2.75, 3.05) is 18.1 Å².